The maximum Gasteiger partial charge on any atom is 0.227 e. The van der Waals surface area contributed by atoms with Crippen LogP contribution in [0.25, 0.3) is 0 Å². The summed E-state index contributed by atoms with van der Waals surface area (Å²) in [6.07, 6.45) is 1.08. The van der Waals surface area contributed by atoms with Crippen molar-refractivity contribution in [3.05, 3.63) is 23.2 Å². The van der Waals surface area contributed by atoms with Crippen molar-refractivity contribution in [2.45, 2.75) is 6.92 Å². The lowest BCUT2D eigenvalue weighted by atomic mass is 10.0. The molecule has 12 heavy (non-hydrogen) atoms. The average Bonchev–Trinajstić information content (AvgIpc) is 2.02. The minimum Gasteiger partial charge on any atom is -0.501 e. The normalized spacial score (nSPS) is 18.0. The fourth-order valence-electron chi connectivity index (χ4n) is 0.918. The molecule has 0 bridgehead atoms. The molecule has 0 aliphatic heterocycles. The van der Waals surface area contributed by atoms with Crippen molar-refractivity contribution in [1.29, 1.82) is 0 Å². The van der Waals surface area contributed by atoms with Crippen molar-refractivity contribution in [2.24, 2.45) is 0 Å². The van der Waals surface area contributed by atoms with Crippen molar-refractivity contribution in [1.82, 2.24) is 0 Å². The third-order valence-corrected chi connectivity index (χ3v) is 1.56. The number of aliphatic hydroxyl groups excluding tert-OH is 1. The van der Waals surface area contributed by atoms with Crippen LogP contribution in [0, 0.1) is 0 Å². The van der Waals surface area contributed by atoms with E-state index in [2.05, 4.69) is 4.74 Å². The van der Waals surface area contributed by atoms with Crippen LogP contribution < -0.4 is 0 Å². The first kappa shape index (κ1) is 8.52. The fourth-order valence-corrected chi connectivity index (χ4v) is 0.918. The Hall–Kier alpha value is -1.58. The monoisotopic (exact) mass is 168 g/mol. The Kier molecular flexibility index (Phi) is 1.99. The first-order valence-electron chi connectivity index (χ1n) is 3.32. The van der Waals surface area contributed by atoms with Gasteiger partial charge in [-0.2, -0.15) is 0 Å². The van der Waals surface area contributed by atoms with Crippen LogP contribution in [0.1, 0.15) is 6.92 Å². The number of ether oxygens (including phenoxy) is 1. The maximum atomic E-state index is 11.1. The molecule has 0 aromatic carbocycles. The van der Waals surface area contributed by atoms with E-state index in [1.54, 1.807) is 0 Å². The molecule has 0 saturated heterocycles. The molecule has 0 amide bonds. The van der Waals surface area contributed by atoms with Crippen LogP contribution in [0.3, 0.4) is 0 Å². The van der Waals surface area contributed by atoms with E-state index in [4.69, 9.17) is 5.11 Å². The van der Waals surface area contributed by atoms with Gasteiger partial charge in [0.05, 0.1) is 7.11 Å². The Morgan fingerprint density at radius 1 is 1.42 bits per heavy atom. The van der Waals surface area contributed by atoms with Crippen LogP contribution in [0.4, 0.5) is 0 Å². The number of hydrogen-bond donors (Lipinski definition) is 1. The highest BCUT2D eigenvalue weighted by atomic mass is 16.5. The minimum absolute atomic E-state index is 0.273. The number of hydrogen-bond acceptors (Lipinski definition) is 4. The Labute approximate surface area is 69.1 Å². The zero-order valence-electron chi connectivity index (χ0n) is 6.75. The largest absolute Gasteiger partial charge is 0.501 e. The molecule has 4 nitrogen and oxygen atoms in total. The lowest BCUT2D eigenvalue weighted by molar-refractivity contribution is -0.120. The number of carbonyl (C=O) groups excluding carboxylic acids is 2. The summed E-state index contributed by atoms with van der Waals surface area (Å²) in [5, 5.41) is 9.07. The molecule has 0 heterocycles. The SMILES string of the molecule is COC1=C(O)C(=O)C=C(C)C1=O. The molecule has 0 aromatic heterocycles. The maximum absolute atomic E-state index is 11.1. The van der Waals surface area contributed by atoms with Crippen molar-refractivity contribution in [3.63, 3.8) is 0 Å². The van der Waals surface area contributed by atoms with E-state index in [-0.39, 0.29) is 11.3 Å². The number of carbonyl (C=O) groups is 2. The number of aliphatic hydroxyl groups is 1. The molecule has 1 rings (SSSR count). The molecule has 0 radical (unpaired) electrons. The van der Waals surface area contributed by atoms with Crippen LogP contribution in [-0.4, -0.2) is 23.8 Å². The van der Waals surface area contributed by atoms with Gasteiger partial charge in [0, 0.05) is 5.57 Å². The van der Waals surface area contributed by atoms with E-state index < -0.39 is 17.3 Å². The van der Waals surface area contributed by atoms with Crippen molar-refractivity contribution >= 4 is 11.6 Å². The summed E-state index contributed by atoms with van der Waals surface area (Å²) in [5.74, 6) is -1.94. The third kappa shape index (κ3) is 1.11. The predicted octanol–water partition coefficient (Wildman–Crippen LogP) is 0.501. The Balaban J connectivity index is 3.17. The summed E-state index contributed by atoms with van der Waals surface area (Å²) in [7, 11) is 1.23. The van der Waals surface area contributed by atoms with Crippen LogP contribution >= 0.6 is 0 Å². The van der Waals surface area contributed by atoms with E-state index in [1.807, 2.05) is 0 Å². The van der Waals surface area contributed by atoms with Crippen LogP contribution in [0.15, 0.2) is 23.2 Å². The number of Topliss-reactive ketones (excluding diaryl/α,β-unsaturated/α-hetero) is 1. The van der Waals surface area contributed by atoms with Crippen LogP contribution in [0.5, 0.6) is 0 Å². The van der Waals surface area contributed by atoms with Gasteiger partial charge in [0.15, 0.2) is 0 Å². The van der Waals surface area contributed by atoms with Crippen molar-refractivity contribution in [2.75, 3.05) is 7.11 Å². The van der Waals surface area contributed by atoms with E-state index in [0.717, 1.165) is 6.08 Å². The molecule has 0 fully saturated rings. The van der Waals surface area contributed by atoms with Gasteiger partial charge < -0.3 is 9.84 Å². The van der Waals surface area contributed by atoms with Crippen LogP contribution in [-0.2, 0) is 14.3 Å². The molecule has 1 aliphatic rings. The molecule has 1 N–H and O–H groups in total. The smallest absolute Gasteiger partial charge is 0.227 e. The number of rotatable bonds is 1. The molecule has 0 unspecified atom stereocenters. The summed E-state index contributed by atoms with van der Waals surface area (Å²) >= 11 is 0. The van der Waals surface area contributed by atoms with E-state index >= 15 is 0 Å². The lowest BCUT2D eigenvalue weighted by Crippen LogP contribution is -2.18. The van der Waals surface area contributed by atoms with Gasteiger partial charge in [0.2, 0.25) is 23.1 Å². The number of methoxy groups -OCH3 is 1. The summed E-state index contributed by atoms with van der Waals surface area (Å²) in [6, 6.07) is 0. The Morgan fingerprint density at radius 3 is 2.50 bits per heavy atom. The predicted molar refractivity (Wildman–Crippen MR) is 40.4 cm³/mol. The first-order chi connectivity index (χ1) is 5.57. The lowest BCUT2D eigenvalue weighted by Gasteiger charge is -2.11. The minimum atomic E-state index is -0.617. The quantitative estimate of drug-likeness (QED) is 0.579. The first-order valence-corrected chi connectivity index (χ1v) is 3.32. The average molecular weight is 168 g/mol. The molecular weight excluding hydrogens is 160 g/mol. The van der Waals surface area contributed by atoms with Crippen molar-refractivity contribution < 1.29 is 19.4 Å². The molecule has 0 aromatic rings. The number of ketones is 2. The van der Waals surface area contributed by atoms with Gasteiger partial charge in [-0.15, -0.1) is 0 Å². The van der Waals surface area contributed by atoms with Crippen LogP contribution in [0.2, 0.25) is 0 Å². The van der Waals surface area contributed by atoms with E-state index in [1.165, 1.54) is 14.0 Å². The Bertz CT molecular complexity index is 309. The molecule has 0 spiro atoms. The zero-order valence-corrected chi connectivity index (χ0v) is 6.75. The highest BCUT2D eigenvalue weighted by Crippen LogP contribution is 2.17. The van der Waals surface area contributed by atoms with Gasteiger partial charge in [-0.25, -0.2) is 0 Å². The van der Waals surface area contributed by atoms with Gasteiger partial charge in [-0.3, -0.25) is 9.59 Å². The standard InChI is InChI=1S/C8H8O4/c1-4-3-5(9)7(11)8(12-2)6(4)10/h3,11H,1-2H3. The van der Waals surface area contributed by atoms with E-state index in [9.17, 15) is 9.59 Å². The fraction of sp³-hybridized carbons (Fsp3) is 0.250. The third-order valence-electron chi connectivity index (χ3n) is 1.56. The zero-order chi connectivity index (χ0) is 9.30. The molecule has 64 valence electrons. The number of allylic oxidation sites excluding steroid dienone is 2. The molecule has 0 saturated carbocycles. The van der Waals surface area contributed by atoms with Gasteiger partial charge in [0.25, 0.3) is 0 Å². The Morgan fingerprint density at radius 2 is 2.00 bits per heavy atom. The van der Waals surface area contributed by atoms with Crippen molar-refractivity contribution in [3.8, 4) is 0 Å². The second-order valence-electron chi connectivity index (χ2n) is 2.40. The second kappa shape index (κ2) is 2.81. The summed E-state index contributed by atoms with van der Waals surface area (Å²) in [4.78, 5) is 22.1. The summed E-state index contributed by atoms with van der Waals surface area (Å²) in [6.45, 7) is 1.49. The molecule has 4 heteroatoms. The second-order valence-corrected chi connectivity index (χ2v) is 2.40. The summed E-state index contributed by atoms with van der Waals surface area (Å²) < 4.78 is 4.57. The molecule has 0 atom stereocenters. The summed E-state index contributed by atoms with van der Waals surface area (Å²) in [5.41, 5.74) is 0.273. The van der Waals surface area contributed by atoms with Gasteiger partial charge in [0.1, 0.15) is 0 Å². The molecular formula is C8H8O4. The molecule has 1 aliphatic carbocycles. The topological polar surface area (TPSA) is 63.6 Å². The van der Waals surface area contributed by atoms with Gasteiger partial charge in [-0.05, 0) is 13.0 Å². The van der Waals surface area contributed by atoms with Gasteiger partial charge in [-0.1, -0.05) is 0 Å². The highest BCUT2D eigenvalue weighted by molar-refractivity contribution is 6.20. The van der Waals surface area contributed by atoms with E-state index in [0.29, 0.717) is 0 Å². The van der Waals surface area contributed by atoms with Gasteiger partial charge >= 0.3 is 0 Å². The highest BCUT2D eigenvalue weighted by Gasteiger charge is 2.26.